The van der Waals surface area contributed by atoms with E-state index in [4.69, 9.17) is 4.74 Å². The van der Waals surface area contributed by atoms with E-state index in [1.807, 2.05) is 30.3 Å². The third-order valence-electron chi connectivity index (χ3n) is 3.57. The molecule has 0 aliphatic carbocycles. The normalized spacial score (nSPS) is 13.1. The molecule has 0 saturated heterocycles. The smallest absolute Gasteiger partial charge is 0.355 e. The summed E-state index contributed by atoms with van der Waals surface area (Å²) in [6.07, 6.45) is 2.55. The van der Waals surface area contributed by atoms with E-state index in [-0.39, 0.29) is 11.9 Å². The van der Waals surface area contributed by atoms with Crippen molar-refractivity contribution in [1.29, 1.82) is 0 Å². The second-order valence-corrected chi connectivity index (χ2v) is 5.39. The second-order valence-electron chi connectivity index (χ2n) is 5.39. The molecule has 2 rings (SSSR count). The minimum Gasteiger partial charge on any atom is -0.448 e. The Hall–Kier alpha value is -2.56. The summed E-state index contributed by atoms with van der Waals surface area (Å²) in [6.45, 7) is 3.64. The first kappa shape index (κ1) is 16.8. The van der Waals surface area contributed by atoms with Crippen LogP contribution in [-0.4, -0.2) is 23.0 Å². The number of benzene rings is 1. The van der Waals surface area contributed by atoms with Gasteiger partial charge in [0.2, 0.25) is 0 Å². The molecule has 0 saturated carbocycles. The zero-order valence-electron chi connectivity index (χ0n) is 13.4. The number of aromatic amines is 1. The van der Waals surface area contributed by atoms with Gasteiger partial charge in [0.15, 0.2) is 6.10 Å². The summed E-state index contributed by atoms with van der Waals surface area (Å²) >= 11 is 0. The van der Waals surface area contributed by atoms with Crippen LogP contribution >= 0.6 is 0 Å². The van der Waals surface area contributed by atoms with Crippen LogP contribution in [0.15, 0.2) is 48.7 Å². The van der Waals surface area contributed by atoms with E-state index in [1.54, 1.807) is 25.3 Å². The van der Waals surface area contributed by atoms with Gasteiger partial charge >= 0.3 is 5.97 Å². The van der Waals surface area contributed by atoms with Gasteiger partial charge in [-0.3, -0.25) is 4.79 Å². The summed E-state index contributed by atoms with van der Waals surface area (Å²) in [5.74, 6) is -0.836. The molecule has 122 valence electrons. The summed E-state index contributed by atoms with van der Waals surface area (Å²) < 4.78 is 5.19. The van der Waals surface area contributed by atoms with Gasteiger partial charge in [-0.15, -0.1) is 0 Å². The van der Waals surface area contributed by atoms with Crippen molar-refractivity contribution in [3.05, 3.63) is 59.9 Å². The number of hydrogen-bond donors (Lipinski definition) is 2. The number of rotatable bonds is 7. The molecule has 2 N–H and O–H groups in total. The molecule has 1 aromatic heterocycles. The molecule has 2 aromatic rings. The summed E-state index contributed by atoms with van der Waals surface area (Å²) in [5, 5.41) is 2.96. The lowest BCUT2D eigenvalue weighted by molar-refractivity contribution is -0.129. The van der Waals surface area contributed by atoms with Crippen LogP contribution in [0.3, 0.4) is 0 Å². The zero-order chi connectivity index (χ0) is 16.7. The zero-order valence-corrected chi connectivity index (χ0v) is 13.4. The first-order valence-corrected chi connectivity index (χ1v) is 7.81. The average Bonchev–Trinajstić information content (AvgIpc) is 3.09. The van der Waals surface area contributed by atoms with Gasteiger partial charge in [0.25, 0.3) is 5.91 Å². The van der Waals surface area contributed by atoms with Crippen molar-refractivity contribution in [1.82, 2.24) is 10.3 Å². The van der Waals surface area contributed by atoms with E-state index in [1.165, 1.54) is 0 Å². The molecule has 1 aromatic carbocycles. The first-order chi connectivity index (χ1) is 11.1. The minimum absolute atomic E-state index is 0.0830. The molecule has 0 unspecified atom stereocenters. The standard InChI is InChI=1S/C18H22N2O3/c1-3-8-15(14-9-5-4-6-10-14)20-17(21)13(2)23-18(22)16-11-7-12-19-16/h4-7,9-13,15,19H,3,8H2,1-2H3,(H,20,21)/t13-,15+/m0/s1. The summed E-state index contributed by atoms with van der Waals surface area (Å²) in [7, 11) is 0. The van der Waals surface area contributed by atoms with Crippen LogP contribution in [0.1, 0.15) is 48.8 Å². The quantitative estimate of drug-likeness (QED) is 0.771. The van der Waals surface area contributed by atoms with Crippen LogP contribution in [0.2, 0.25) is 0 Å². The average molecular weight is 314 g/mol. The highest BCUT2D eigenvalue weighted by Crippen LogP contribution is 2.18. The van der Waals surface area contributed by atoms with Crippen molar-refractivity contribution in [2.45, 2.75) is 38.8 Å². The van der Waals surface area contributed by atoms with E-state index in [2.05, 4.69) is 17.2 Å². The van der Waals surface area contributed by atoms with Gasteiger partial charge in [-0.25, -0.2) is 4.79 Å². The van der Waals surface area contributed by atoms with Crippen molar-refractivity contribution in [2.24, 2.45) is 0 Å². The van der Waals surface area contributed by atoms with Crippen molar-refractivity contribution in [3.8, 4) is 0 Å². The Bertz CT molecular complexity index is 623. The molecule has 2 atom stereocenters. The molecule has 23 heavy (non-hydrogen) atoms. The van der Waals surface area contributed by atoms with Crippen LogP contribution < -0.4 is 5.32 Å². The fraction of sp³-hybridized carbons (Fsp3) is 0.333. The molecule has 1 amide bonds. The molecule has 0 radical (unpaired) electrons. The Morgan fingerprint density at radius 3 is 2.52 bits per heavy atom. The van der Waals surface area contributed by atoms with E-state index >= 15 is 0 Å². The van der Waals surface area contributed by atoms with Gasteiger partial charge in [0.1, 0.15) is 5.69 Å². The maximum absolute atomic E-state index is 12.3. The Labute approximate surface area is 136 Å². The first-order valence-electron chi connectivity index (χ1n) is 7.81. The summed E-state index contributed by atoms with van der Waals surface area (Å²) in [4.78, 5) is 26.9. The maximum Gasteiger partial charge on any atom is 0.355 e. The Morgan fingerprint density at radius 2 is 1.91 bits per heavy atom. The lowest BCUT2D eigenvalue weighted by Gasteiger charge is -2.21. The molecule has 0 aliphatic rings. The van der Waals surface area contributed by atoms with Crippen molar-refractivity contribution in [2.75, 3.05) is 0 Å². The summed E-state index contributed by atoms with van der Waals surface area (Å²) in [5.41, 5.74) is 1.38. The molecule has 5 nitrogen and oxygen atoms in total. The number of hydrogen-bond acceptors (Lipinski definition) is 3. The number of aromatic nitrogens is 1. The van der Waals surface area contributed by atoms with Gasteiger partial charge in [0.05, 0.1) is 6.04 Å². The van der Waals surface area contributed by atoms with E-state index in [0.29, 0.717) is 5.69 Å². The number of nitrogens with one attached hydrogen (secondary N) is 2. The maximum atomic E-state index is 12.3. The Kier molecular flexibility index (Phi) is 5.97. The molecule has 5 heteroatoms. The predicted molar refractivity (Wildman–Crippen MR) is 87.9 cm³/mol. The molecule has 1 heterocycles. The van der Waals surface area contributed by atoms with Crippen LogP contribution in [0.4, 0.5) is 0 Å². The van der Waals surface area contributed by atoms with Gasteiger partial charge in [-0.2, -0.15) is 0 Å². The molecule has 0 spiro atoms. The van der Waals surface area contributed by atoms with Crippen LogP contribution in [-0.2, 0) is 9.53 Å². The number of carbonyl (C=O) groups is 2. The molecular weight excluding hydrogens is 292 g/mol. The molecule has 0 aliphatic heterocycles. The largest absolute Gasteiger partial charge is 0.448 e. The third-order valence-corrected chi connectivity index (χ3v) is 3.57. The molecule has 0 fully saturated rings. The van der Waals surface area contributed by atoms with E-state index in [9.17, 15) is 9.59 Å². The van der Waals surface area contributed by atoms with Gasteiger partial charge in [-0.05, 0) is 31.0 Å². The van der Waals surface area contributed by atoms with Crippen molar-refractivity contribution >= 4 is 11.9 Å². The van der Waals surface area contributed by atoms with Crippen LogP contribution in [0, 0.1) is 0 Å². The highest BCUT2D eigenvalue weighted by atomic mass is 16.5. The number of H-pyrrole nitrogens is 1. The minimum atomic E-state index is -0.853. The summed E-state index contributed by atoms with van der Waals surface area (Å²) in [6, 6.07) is 13.0. The fourth-order valence-corrected chi connectivity index (χ4v) is 2.32. The predicted octanol–water partition coefficient (Wildman–Crippen LogP) is 3.22. The SMILES string of the molecule is CCC[C@@H](NC(=O)[C@H](C)OC(=O)c1ccc[nH]1)c1ccccc1. The van der Waals surface area contributed by atoms with Crippen molar-refractivity contribution < 1.29 is 14.3 Å². The van der Waals surface area contributed by atoms with E-state index in [0.717, 1.165) is 18.4 Å². The number of amides is 1. The Morgan fingerprint density at radius 1 is 1.17 bits per heavy atom. The second kappa shape index (κ2) is 8.17. The number of carbonyl (C=O) groups excluding carboxylic acids is 2. The Balaban J connectivity index is 1.96. The molecular formula is C18H22N2O3. The number of ether oxygens (including phenoxy) is 1. The van der Waals surface area contributed by atoms with Gasteiger partial charge in [-0.1, -0.05) is 43.7 Å². The highest BCUT2D eigenvalue weighted by Gasteiger charge is 2.22. The van der Waals surface area contributed by atoms with Crippen LogP contribution in [0.5, 0.6) is 0 Å². The molecule has 0 bridgehead atoms. The fourth-order valence-electron chi connectivity index (χ4n) is 2.32. The van der Waals surface area contributed by atoms with Gasteiger partial charge < -0.3 is 15.0 Å². The number of esters is 1. The van der Waals surface area contributed by atoms with Crippen molar-refractivity contribution in [3.63, 3.8) is 0 Å². The monoisotopic (exact) mass is 314 g/mol. The van der Waals surface area contributed by atoms with Crippen LogP contribution in [0.25, 0.3) is 0 Å². The third kappa shape index (κ3) is 4.71. The lowest BCUT2D eigenvalue weighted by atomic mass is 10.0. The van der Waals surface area contributed by atoms with E-state index < -0.39 is 12.1 Å². The topological polar surface area (TPSA) is 71.2 Å². The highest BCUT2D eigenvalue weighted by molar-refractivity contribution is 5.90. The lowest BCUT2D eigenvalue weighted by Crippen LogP contribution is -2.38. The van der Waals surface area contributed by atoms with Gasteiger partial charge in [0, 0.05) is 6.20 Å².